The number of hydrogen-bond donors (Lipinski definition) is 2. The second-order valence-corrected chi connectivity index (χ2v) is 7.41. The highest BCUT2D eigenvalue weighted by Gasteiger charge is 2.55. The monoisotopic (exact) mass is 315 g/mol. The molecular weight excluding hydrogens is 290 g/mol. The van der Waals surface area contributed by atoms with E-state index in [-0.39, 0.29) is 23.5 Å². The number of nitrogens with one attached hydrogen (secondary N) is 1. The summed E-state index contributed by atoms with van der Waals surface area (Å²) in [5.74, 6) is 0.783. The number of amides is 1. The molecule has 1 aromatic rings. The molecule has 1 aromatic carbocycles. The summed E-state index contributed by atoms with van der Waals surface area (Å²) in [5.41, 5.74) is 2.31. The summed E-state index contributed by atoms with van der Waals surface area (Å²) in [7, 11) is 0. The summed E-state index contributed by atoms with van der Waals surface area (Å²) in [4.78, 5) is 12.4. The molecule has 3 aliphatic rings. The van der Waals surface area contributed by atoms with Crippen LogP contribution in [0.1, 0.15) is 49.1 Å². The van der Waals surface area contributed by atoms with Crippen molar-refractivity contribution in [2.45, 2.75) is 56.6 Å². The molecule has 4 nitrogen and oxygen atoms in total. The van der Waals surface area contributed by atoms with Gasteiger partial charge in [0.15, 0.2) is 0 Å². The zero-order valence-corrected chi connectivity index (χ0v) is 13.5. The van der Waals surface area contributed by atoms with Gasteiger partial charge in [0.05, 0.1) is 12.5 Å². The Kier molecular flexibility index (Phi) is 3.90. The number of rotatable bonds is 4. The van der Waals surface area contributed by atoms with Crippen molar-refractivity contribution in [1.29, 1.82) is 0 Å². The maximum absolute atomic E-state index is 12.4. The molecule has 1 heterocycles. The Morgan fingerprint density at radius 3 is 2.78 bits per heavy atom. The third-order valence-corrected chi connectivity index (χ3v) is 5.94. The molecule has 2 aliphatic carbocycles. The summed E-state index contributed by atoms with van der Waals surface area (Å²) in [6, 6.07) is 8.53. The van der Waals surface area contributed by atoms with Crippen molar-refractivity contribution in [2.24, 2.45) is 5.41 Å². The average molecular weight is 315 g/mol. The van der Waals surface area contributed by atoms with Crippen LogP contribution < -0.4 is 5.32 Å². The van der Waals surface area contributed by atoms with Gasteiger partial charge in [-0.3, -0.25) is 4.79 Å². The number of ether oxygens (including phenoxy) is 1. The lowest BCUT2D eigenvalue weighted by atomic mass is 9.58. The number of carbonyl (C=O) groups excluding carboxylic acids is 1. The fourth-order valence-electron chi connectivity index (χ4n) is 4.20. The van der Waals surface area contributed by atoms with E-state index in [0.717, 1.165) is 18.4 Å². The van der Waals surface area contributed by atoms with E-state index in [1.165, 1.54) is 18.4 Å². The SMILES string of the molecule is O=C(Cc1cccc(C2CC2)c1)N[C@@H]1C[C@@H](O)C12CCOCC2. The molecule has 2 atom stereocenters. The van der Waals surface area contributed by atoms with Gasteiger partial charge in [0.25, 0.3) is 0 Å². The molecule has 2 N–H and O–H groups in total. The van der Waals surface area contributed by atoms with Gasteiger partial charge < -0.3 is 15.2 Å². The molecule has 0 bridgehead atoms. The van der Waals surface area contributed by atoms with Crippen LogP contribution in [0.5, 0.6) is 0 Å². The van der Waals surface area contributed by atoms with Crippen LogP contribution in [0.2, 0.25) is 0 Å². The molecule has 0 radical (unpaired) electrons. The summed E-state index contributed by atoms with van der Waals surface area (Å²) < 4.78 is 5.42. The minimum atomic E-state index is -0.296. The molecule has 4 heteroatoms. The maximum Gasteiger partial charge on any atom is 0.224 e. The van der Waals surface area contributed by atoms with E-state index in [2.05, 4.69) is 23.5 Å². The summed E-state index contributed by atoms with van der Waals surface area (Å²) in [6.45, 7) is 1.37. The van der Waals surface area contributed by atoms with Gasteiger partial charge in [-0.15, -0.1) is 0 Å². The Morgan fingerprint density at radius 1 is 1.30 bits per heavy atom. The second kappa shape index (κ2) is 5.91. The lowest BCUT2D eigenvalue weighted by Gasteiger charge is -2.55. The molecule has 0 unspecified atom stereocenters. The fraction of sp³-hybridized carbons (Fsp3) is 0.632. The molecule has 1 aliphatic heterocycles. The van der Waals surface area contributed by atoms with Crippen molar-refractivity contribution < 1.29 is 14.6 Å². The Hall–Kier alpha value is -1.39. The molecule has 1 saturated heterocycles. The van der Waals surface area contributed by atoms with Crippen LogP contribution in [0.4, 0.5) is 0 Å². The first-order valence-corrected chi connectivity index (χ1v) is 8.81. The predicted octanol–water partition coefficient (Wildman–Crippen LogP) is 2.15. The van der Waals surface area contributed by atoms with Crippen LogP contribution in [0.25, 0.3) is 0 Å². The molecule has 4 rings (SSSR count). The topological polar surface area (TPSA) is 58.6 Å². The van der Waals surface area contributed by atoms with Crippen molar-refractivity contribution in [2.75, 3.05) is 13.2 Å². The van der Waals surface area contributed by atoms with Gasteiger partial charge in [0.1, 0.15) is 0 Å². The molecule has 1 amide bonds. The maximum atomic E-state index is 12.4. The van der Waals surface area contributed by atoms with Gasteiger partial charge in [-0.05, 0) is 49.1 Å². The first-order valence-electron chi connectivity index (χ1n) is 8.81. The van der Waals surface area contributed by atoms with E-state index in [4.69, 9.17) is 4.74 Å². The normalized spacial score (nSPS) is 29.1. The van der Waals surface area contributed by atoms with Crippen LogP contribution in [0.15, 0.2) is 24.3 Å². The number of aliphatic hydroxyl groups excluding tert-OH is 1. The van der Waals surface area contributed by atoms with E-state index in [1.807, 2.05) is 6.07 Å². The lowest BCUT2D eigenvalue weighted by molar-refractivity contribution is -0.155. The summed E-state index contributed by atoms with van der Waals surface area (Å²) in [6.07, 6.45) is 5.05. The average Bonchev–Trinajstić information content (AvgIpc) is 3.40. The smallest absolute Gasteiger partial charge is 0.224 e. The zero-order chi connectivity index (χ0) is 15.9. The fourth-order valence-corrected chi connectivity index (χ4v) is 4.20. The highest BCUT2D eigenvalue weighted by atomic mass is 16.5. The van der Waals surface area contributed by atoms with Gasteiger partial charge in [0, 0.05) is 24.7 Å². The van der Waals surface area contributed by atoms with Crippen molar-refractivity contribution in [1.82, 2.24) is 5.32 Å². The largest absolute Gasteiger partial charge is 0.392 e. The molecule has 3 fully saturated rings. The highest BCUT2D eigenvalue weighted by Crippen LogP contribution is 2.49. The lowest BCUT2D eigenvalue weighted by Crippen LogP contribution is -2.65. The number of carbonyl (C=O) groups is 1. The zero-order valence-electron chi connectivity index (χ0n) is 13.5. The van der Waals surface area contributed by atoms with E-state index in [9.17, 15) is 9.90 Å². The highest BCUT2D eigenvalue weighted by molar-refractivity contribution is 5.79. The first kappa shape index (κ1) is 15.2. The third-order valence-electron chi connectivity index (χ3n) is 5.94. The first-order chi connectivity index (χ1) is 11.2. The Labute approximate surface area is 137 Å². The van der Waals surface area contributed by atoms with E-state index in [1.54, 1.807) is 0 Å². The molecule has 0 aromatic heterocycles. The van der Waals surface area contributed by atoms with Crippen molar-refractivity contribution >= 4 is 5.91 Å². The molecule has 124 valence electrons. The predicted molar refractivity (Wildman–Crippen MR) is 87.2 cm³/mol. The molecule has 1 spiro atoms. The second-order valence-electron chi connectivity index (χ2n) is 7.41. The van der Waals surface area contributed by atoms with Crippen molar-refractivity contribution in [3.63, 3.8) is 0 Å². The Balaban J connectivity index is 1.37. The van der Waals surface area contributed by atoms with Crippen LogP contribution in [-0.2, 0) is 16.0 Å². The van der Waals surface area contributed by atoms with E-state index in [0.29, 0.717) is 32.0 Å². The van der Waals surface area contributed by atoms with Crippen LogP contribution in [0, 0.1) is 5.41 Å². The Morgan fingerprint density at radius 2 is 2.09 bits per heavy atom. The van der Waals surface area contributed by atoms with Gasteiger partial charge in [-0.1, -0.05) is 24.3 Å². The number of benzene rings is 1. The van der Waals surface area contributed by atoms with Gasteiger partial charge >= 0.3 is 0 Å². The van der Waals surface area contributed by atoms with Gasteiger partial charge in [0.2, 0.25) is 5.91 Å². The van der Waals surface area contributed by atoms with Crippen LogP contribution in [0.3, 0.4) is 0 Å². The molecule has 23 heavy (non-hydrogen) atoms. The van der Waals surface area contributed by atoms with E-state index >= 15 is 0 Å². The quantitative estimate of drug-likeness (QED) is 0.895. The summed E-state index contributed by atoms with van der Waals surface area (Å²) >= 11 is 0. The van der Waals surface area contributed by atoms with E-state index < -0.39 is 0 Å². The Bertz CT molecular complexity index is 590. The third kappa shape index (κ3) is 2.90. The minimum absolute atomic E-state index is 0.0701. The summed E-state index contributed by atoms with van der Waals surface area (Å²) in [5, 5.41) is 13.4. The minimum Gasteiger partial charge on any atom is -0.392 e. The van der Waals surface area contributed by atoms with Crippen LogP contribution >= 0.6 is 0 Å². The van der Waals surface area contributed by atoms with Gasteiger partial charge in [-0.2, -0.15) is 0 Å². The number of aliphatic hydroxyl groups is 1. The van der Waals surface area contributed by atoms with Gasteiger partial charge in [-0.25, -0.2) is 0 Å². The molecular formula is C19H25NO3. The number of hydrogen-bond acceptors (Lipinski definition) is 3. The van der Waals surface area contributed by atoms with Crippen molar-refractivity contribution in [3.05, 3.63) is 35.4 Å². The molecule has 2 saturated carbocycles. The standard InChI is InChI=1S/C19H25NO3/c21-17-12-16(19(17)6-8-23-9-7-19)20-18(22)11-13-2-1-3-15(10-13)14-4-5-14/h1-3,10,14,16-17,21H,4-9,11-12H2,(H,20,22)/t16-,17-/m1/s1. The van der Waals surface area contributed by atoms with Crippen LogP contribution in [-0.4, -0.2) is 36.4 Å². The van der Waals surface area contributed by atoms with Crippen molar-refractivity contribution in [3.8, 4) is 0 Å².